The topological polar surface area (TPSA) is 3.24 Å². The molecule has 0 amide bonds. The van der Waals surface area contributed by atoms with Gasteiger partial charge in [-0.1, -0.05) is 13.8 Å². The Morgan fingerprint density at radius 2 is 1.92 bits per heavy atom. The minimum absolute atomic E-state index is 0.711. The summed E-state index contributed by atoms with van der Waals surface area (Å²) in [5.74, 6) is 0.892. The average molecular weight is 167 g/mol. The second kappa shape index (κ2) is 3.02. The Balaban J connectivity index is 1.77. The minimum Gasteiger partial charge on any atom is -0.298 e. The van der Waals surface area contributed by atoms with Gasteiger partial charge in [-0.2, -0.15) is 0 Å². The Morgan fingerprint density at radius 1 is 1.25 bits per heavy atom. The van der Waals surface area contributed by atoms with Gasteiger partial charge in [-0.15, -0.1) is 0 Å². The Hall–Kier alpha value is -0.0400. The molecule has 1 nitrogen and oxygen atoms in total. The van der Waals surface area contributed by atoms with Crippen molar-refractivity contribution in [3.63, 3.8) is 0 Å². The van der Waals surface area contributed by atoms with Gasteiger partial charge in [0, 0.05) is 5.54 Å². The van der Waals surface area contributed by atoms with Gasteiger partial charge >= 0.3 is 0 Å². The molecule has 0 unspecified atom stereocenters. The van der Waals surface area contributed by atoms with E-state index in [0.29, 0.717) is 5.54 Å². The Kier molecular flexibility index (Phi) is 2.16. The van der Waals surface area contributed by atoms with Gasteiger partial charge in [-0.05, 0) is 51.1 Å². The number of hydrogen-bond acceptors (Lipinski definition) is 1. The molecule has 2 fully saturated rings. The highest BCUT2D eigenvalue weighted by Crippen LogP contribution is 2.48. The summed E-state index contributed by atoms with van der Waals surface area (Å²) in [6.07, 6.45) is 7.31. The van der Waals surface area contributed by atoms with Crippen molar-refractivity contribution >= 4 is 0 Å². The molecule has 1 saturated heterocycles. The lowest BCUT2D eigenvalue weighted by Crippen LogP contribution is -2.46. The van der Waals surface area contributed by atoms with Crippen molar-refractivity contribution in [3.8, 4) is 0 Å². The zero-order chi connectivity index (χ0) is 8.60. The van der Waals surface area contributed by atoms with E-state index in [1.54, 1.807) is 0 Å². The molecule has 0 spiro atoms. The van der Waals surface area contributed by atoms with Crippen molar-refractivity contribution in [2.24, 2.45) is 5.92 Å². The summed E-state index contributed by atoms with van der Waals surface area (Å²) in [5.41, 5.74) is 0.711. The van der Waals surface area contributed by atoms with Crippen molar-refractivity contribution in [2.75, 3.05) is 13.1 Å². The SMILES string of the molecule is CC(C)CCC1(N2CCC2)CC1. The van der Waals surface area contributed by atoms with E-state index in [0.717, 1.165) is 5.92 Å². The molecule has 2 rings (SSSR count). The lowest BCUT2D eigenvalue weighted by molar-refractivity contribution is 0.0902. The van der Waals surface area contributed by atoms with Crippen LogP contribution in [0.25, 0.3) is 0 Å². The van der Waals surface area contributed by atoms with Crippen LogP contribution in [0.4, 0.5) is 0 Å². The maximum Gasteiger partial charge on any atom is 0.0211 e. The summed E-state index contributed by atoms with van der Waals surface area (Å²) < 4.78 is 0. The van der Waals surface area contributed by atoms with Crippen LogP contribution >= 0.6 is 0 Å². The number of hydrogen-bond donors (Lipinski definition) is 0. The van der Waals surface area contributed by atoms with Gasteiger partial charge in [0.05, 0.1) is 0 Å². The van der Waals surface area contributed by atoms with E-state index in [9.17, 15) is 0 Å². The monoisotopic (exact) mass is 167 g/mol. The number of rotatable bonds is 4. The van der Waals surface area contributed by atoms with Crippen LogP contribution in [-0.2, 0) is 0 Å². The van der Waals surface area contributed by atoms with Crippen molar-refractivity contribution in [3.05, 3.63) is 0 Å². The Bertz CT molecular complexity index is 154. The van der Waals surface area contributed by atoms with Crippen LogP contribution in [0.1, 0.15) is 46.0 Å². The van der Waals surface area contributed by atoms with Gasteiger partial charge in [0.25, 0.3) is 0 Å². The van der Waals surface area contributed by atoms with E-state index in [1.165, 1.54) is 45.2 Å². The predicted octanol–water partition coefficient (Wildman–Crippen LogP) is 2.66. The Labute approximate surface area is 76.1 Å². The maximum absolute atomic E-state index is 2.72. The first-order valence-electron chi connectivity index (χ1n) is 5.48. The third-order valence-corrected chi connectivity index (χ3v) is 3.54. The molecule has 0 aromatic heterocycles. The molecule has 2 aliphatic rings. The van der Waals surface area contributed by atoms with Crippen LogP contribution in [0.15, 0.2) is 0 Å². The van der Waals surface area contributed by atoms with Crippen molar-refractivity contribution < 1.29 is 0 Å². The molecule has 1 aliphatic carbocycles. The zero-order valence-corrected chi connectivity index (χ0v) is 8.47. The first-order valence-corrected chi connectivity index (χ1v) is 5.48. The highest BCUT2D eigenvalue weighted by atomic mass is 15.3. The summed E-state index contributed by atoms with van der Waals surface area (Å²) in [4.78, 5) is 2.72. The first kappa shape index (κ1) is 8.55. The van der Waals surface area contributed by atoms with Crippen molar-refractivity contribution in [1.82, 2.24) is 4.90 Å². The third kappa shape index (κ3) is 1.52. The van der Waals surface area contributed by atoms with Crippen LogP contribution < -0.4 is 0 Å². The van der Waals surface area contributed by atoms with E-state index in [-0.39, 0.29) is 0 Å². The summed E-state index contributed by atoms with van der Waals surface area (Å²) in [6, 6.07) is 0. The van der Waals surface area contributed by atoms with Gasteiger partial charge < -0.3 is 0 Å². The van der Waals surface area contributed by atoms with Gasteiger partial charge in [-0.3, -0.25) is 4.90 Å². The summed E-state index contributed by atoms with van der Waals surface area (Å²) >= 11 is 0. The average Bonchev–Trinajstić information content (AvgIpc) is 2.62. The number of nitrogens with zero attached hydrogens (tertiary/aromatic N) is 1. The van der Waals surface area contributed by atoms with Crippen LogP contribution in [0.5, 0.6) is 0 Å². The highest BCUT2D eigenvalue weighted by Gasteiger charge is 2.48. The van der Waals surface area contributed by atoms with Crippen LogP contribution in [0.2, 0.25) is 0 Å². The molecule has 0 N–H and O–H groups in total. The lowest BCUT2D eigenvalue weighted by Gasteiger charge is -2.39. The molecule has 0 aromatic rings. The molecule has 0 aromatic carbocycles. The maximum atomic E-state index is 2.72. The molecule has 12 heavy (non-hydrogen) atoms. The molecule has 0 bridgehead atoms. The van der Waals surface area contributed by atoms with E-state index >= 15 is 0 Å². The predicted molar refractivity (Wildman–Crippen MR) is 52.2 cm³/mol. The van der Waals surface area contributed by atoms with E-state index < -0.39 is 0 Å². The second-order valence-corrected chi connectivity index (χ2v) is 5.00. The zero-order valence-electron chi connectivity index (χ0n) is 8.47. The molecule has 0 atom stereocenters. The molecule has 0 radical (unpaired) electrons. The standard InChI is InChI=1S/C11H21N/c1-10(2)4-5-11(6-7-11)12-8-3-9-12/h10H,3-9H2,1-2H3. The second-order valence-electron chi connectivity index (χ2n) is 5.00. The Morgan fingerprint density at radius 3 is 2.25 bits per heavy atom. The molecular formula is C11H21N. The van der Waals surface area contributed by atoms with Gasteiger partial charge in [0.15, 0.2) is 0 Å². The van der Waals surface area contributed by atoms with Crippen molar-refractivity contribution in [1.29, 1.82) is 0 Å². The molecular weight excluding hydrogens is 146 g/mol. The van der Waals surface area contributed by atoms with Crippen LogP contribution in [0.3, 0.4) is 0 Å². The van der Waals surface area contributed by atoms with E-state index in [2.05, 4.69) is 18.7 Å². The van der Waals surface area contributed by atoms with Gasteiger partial charge in [0.1, 0.15) is 0 Å². The fourth-order valence-electron chi connectivity index (χ4n) is 2.22. The molecule has 70 valence electrons. The molecule has 1 saturated carbocycles. The van der Waals surface area contributed by atoms with Crippen molar-refractivity contribution in [2.45, 2.75) is 51.5 Å². The summed E-state index contributed by atoms with van der Waals surface area (Å²) in [6.45, 7) is 7.45. The quantitative estimate of drug-likeness (QED) is 0.622. The third-order valence-electron chi connectivity index (χ3n) is 3.54. The van der Waals surface area contributed by atoms with Crippen LogP contribution in [-0.4, -0.2) is 23.5 Å². The van der Waals surface area contributed by atoms with E-state index in [1.807, 2.05) is 0 Å². The molecule has 1 aliphatic heterocycles. The summed E-state index contributed by atoms with van der Waals surface area (Å²) in [7, 11) is 0. The minimum atomic E-state index is 0.711. The van der Waals surface area contributed by atoms with Gasteiger partial charge in [0.2, 0.25) is 0 Å². The molecule has 1 heterocycles. The van der Waals surface area contributed by atoms with E-state index in [4.69, 9.17) is 0 Å². The largest absolute Gasteiger partial charge is 0.298 e. The fourth-order valence-corrected chi connectivity index (χ4v) is 2.22. The lowest BCUT2D eigenvalue weighted by atomic mass is 9.98. The molecule has 1 heteroatoms. The highest BCUT2D eigenvalue weighted by molar-refractivity contribution is 5.05. The van der Waals surface area contributed by atoms with Crippen LogP contribution in [0, 0.1) is 5.92 Å². The first-order chi connectivity index (χ1) is 5.73. The smallest absolute Gasteiger partial charge is 0.0211 e. The summed E-state index contributed by atoms with van der Waals surface area (Å²) in [5, 5.41) is 0. The number of likely N-dealkylation sites (tertiary alicyclic amines) is 1. The normalized spacial score (nSPS) is 27.2. The fraction of sp³-hybridized carbons (Fsp3) is 1.00. The van der Waals surface area contributed by atoms with Gasteiger partial charge in [-0.25, -0.2) is 0 Å².